The largest absolute Gasteiger partial charge is 0.481 e. The molecule has 1 N–H and O–H groups in total. The van der Waals surface area contributed by atoms with Crippen LogP contribution in [0.5, 0.6) is 0 Å². The van der Waals surface area contributed by atoms with E-state index in [1.807, 2.05) is 30.3 Å². The fourth-order valence-corrected chi connectivity index (χ4v) is 2.67. The highest BCUT2D eigenvalue weighted by atomic mass is 32.2. The average molecular weight is 300 g/mol. The molecule has 0 radical (unpaired) electrons. The number of fused-ring (bicyclic) bond motifs is 1. The van der Waals surface area contributed by atoms with Crippen LogP contribution in [-0.4, -0.2) is 36.6 Å². The molecule has 0 saturated carbocycles. The molecule has 2 aromatic heterocycles. The SMILES string of the molecule is O=C(O)CSc1ncnc2c1cnn2Cc1ccccc1. The maximum Gasteiger partial charge on any atom is 0.313 e. The van der Waals surface area contributed by atoms with E-state index in [-0.39, 0.29) is 5.75 Å². The van der Waals surface area contributed by atoms with Crippen LogP contribution in [0, 0.1) is 0 Å². The molecule has 0 saturated heterocycles. The molecule has 6 nitrogen and oxygen atoms in total. The summed E-state index contributed by atoms with van der Waals surface area (Å²) in [6.07, 6.45) is 3.12. The van der Waals surface area contributed by atoms with Gasteiger partial charge in [0.25, 0.3) is 0 Å². The van der Waals surface area contributed by atoms with Crippen LogP contribution in [0.1, 0.15) is 5.56 Å². The lowest BCUT2D eigenvalue weighted by atomic mass is 10.2. The van der Waals surface area contributed by atoms with Crippen molar-refractivity contribution in [2.75, 3.05) is 5.75 Å². The predicted octanol–water partition coefficient (Wildman–Crippen LogP) is 2.05. The van der Waals surface area contributed by atoms with Gasteiger partial charge in [0.05, 0.1) is 23.9 Å². The molecular weight excluding hydrogens is 288 g/mol. The number of carboxylic acid groups (broad SMARTS) is 1. The van der Waals surface area contributed by atoms with Crippen molar-refractivity contribution in [2.24, 2.45) is 0 Å². The van der Waals surface area contributed by atoms with Gasteiger partial charge in [-0.25, -0.2) is 14.6 Å². The number of thioether (sulfide) groups is 1. The minimum Gasteiger partial charge on any atom is -0.481 e. The Morgan fingerprint density at radius 2 is 2.05 bits per heavy atom. The summed E-state index contributed by atoms with van der Waals surface area (Å²) in [5.41, 5.74) is 1.84. The van der Waals surface area contributed by atoms with Crippen molar-refractivity contribution < 1.29 is 9.90 Å². The first-order valence-electron chi connectivity index (χ1n) is 6.29. The maximum absolute atomic E-state index is 10.7. The van der Waals surface area contributed by atoms with Crippen molar-refractivity contribution in [1.29, 1.82) is 0 Å². The van der Waals surface area contributed by atoms with Gasteiger partial charge in [0.15, 0.2) is 5.65 Å². The molecule has 2 heterocycles. The van der Waals surface area contributed by atoms with Gasteiger partial charge < -0.3 is 5.11 Å². The third kappa shape index (κ3) is 3.03. The van der Waals surface area contributed by atoms with Crippen molar-refractivity contribution in [3.63, 3.8) is 0 Å². The highest BCUT2D eigenvalue weighted by Gasteiger charge is 2.11. The molecule has 21 heavy (non-hydrogen) atoms. The fourth-order valence-electron chi connectivity index (χ4n) is 1.99. The summed E-state index contributed by atoms with van der Waals surface area (Å²) in [5, 5.41) is 14.5. The van der Waals surface area contributed by atoms with Crippen LogP contribution < -0.4 is 0 Å². The molecule has 0 bridgehead atoms. The van der Waals surface area contributed by atoms with Gasteiger partial charge in [-0.1, -0.05) is 42.1 Å². The number of hydrogen-bond acceptors (Lipinski definition) is 5. The Labute approximate surface area is 124 Å². The molecule has 3 rings (SSSR count). The second-order valence-corrected chi connectivity index (χ2v) is 5.35. The van der Waals surface area contributed by atoms with Gasteiger partial charge >= 0.3 is 5.97 Å². The highest BCUT2D eigenvalue weighted by Crippen LogP contribution is 2.24. The topological polar surface area (TPSA) is 80.9 Å². The summed E-state index contributed by atoms with van der Waals surface area (Å²) >= 11 is 1.17. The van der Waals surface area contributed by atoms with Crippen molar-refractivity contribution in [1.82, 2.24) is 19.7 Å². The monoisotopic (exact) mass is 300 g/mol. The van der Waals surface area contributed by atoms with E-state index in [4.69, 9.17) is 5.11 Å². The minimum absolute atomic E-state index is 0.0318. The molecule has 0 aliphatic rings. The number of rotatable bonds is 5. The fraction of sp³-hybridized carbons (Fsp3) is 0.143. The van der Waals surface area contributed by atoms with Gasteiger partial charge in [-0.2, -0.15) is 5.10 Å². The summed E-state index contributed by atoms with van der Waals surface area (Å²) in [6.45, 7) is 0.615. The molecule has 106 valence electrons. The number of aliphatic carboxylic acids is 1. The summed E-state index contributed by atoms with van der Waals surface area (Å²) in [4.78, 5) is 19.1. The third-order valence-corrected chi connectivity index (χ3v) is 3.89. The molecular formula is C14H12N4O2S. The Morgan fingerprint density at radius 3 is 2.81 bits per heavy atom. The van der Waals surface area contributed by atoms with Crippen LogP contribution in [0.15, 0.2) is 47.9 Å². The van der Waals surface area contributed by atoms with Crippen LogP contribution in [-0.2, 0) is 11.3 Å². The van der Waals surface area contributed by atoms with E-state index in [9.17, 15) is 4.79 Å². The Bertz CT molecular complexity index is 773. The van der Waals surface area contributed by atoms with Crippen molar-refractivity contribution in [3.05, 3.63) is 48.4 Å². The second kappa shape index (κ2) is 5.92. The van der Waals surface area contributed by atoms with E-state index in [0.717, 1.165) is 10.9 Å². The molecule has 0 fully saturated rings. The van der Waals surface area contributed by atoms with E-state index < -0.39 is 5.97 Å². The average Bonchev–Trinajstić information content (AvgIpc) is 2.90. The van der Waals surface area contributed by atoms with Crippen LogP contribution in [0.2, 0.25) is 0 Å². The van der Waals surface area contributed by atoms with Crippen LogP contribution in [0.4, 0.5) is 0 Å². The lowest BCUT2D eigenvalue weighted by Gasteiger charge is -2.03. The van der Waals surface area contributed by atoms with Gasteiger partial charge in [-0.15, -0.1) is 0 Å². The van der Waals surface area contributed by atoms with Gasteiger partial charge in [0.1, 0.15) is 11.4 Å². The first kappa shape index (κ1) is 13.6. The molecule has 0 spiro atoms. The summed E-state index contributed by atoms with van der Waals surface area (Å²) < 4.78 is 1.79. The van der Waals surface area contributed by atoms with Crippen molar-refractivity contribution in [3.8, 4) is 0 Å². The smallest absolute Gasteiger partial charge is 0.313 e. The van der Waals surface area contributed by atoms with E-state index in [0.29, 0.717) is 17.2 Å². The zero-order chi connectivity index (χ0) is 14.7. The van der Waals surface area contributed by atoms with Crippen LogP contribution in [0.25, 0.3) is 11.0 Å². The number of carbonyl (C=O) groups is 1. The van der Waals surface area contributed by atoms with Gasteiger partial charge in [0, 0.05) is 0 Å². The van der Waals surface area contributed by atoms with Crippen molar-refractivity contribution in [2.45, 2.75) is 11.6 Å². The molecule has 0 aliphatic heterocycles. The molecule has 0 amide bonds. The van der Waals surface area contributed by atoms with E-state index >= 15 is 0 Å². The highest BCUT2D eigenvalue weighted by molar-refractivity contribution is 8.00. The van der Waals surface area contributed by atoms with Gasteiger partial charge in [0.2, 0.25) is 0 Å². The number of nitrogens with zero attached hydrogens (tertiary/aromatic N) is 4. The van der Waals surface area contributed by atoms with Gasteiger partial charge in [-0.3, -0.25) is 4.79 Å². The molecule has 3 aromatic rings. The Morgan fingerprint density at radius 1 is 1.24 bits per heavy atom. The third-order valence-electron chi connectivity index (χ3n) is 2.90. The zero-order valence-corrected chi connectivity index (χ0v) is 11.8. The van der Waals surface area contributed by atoms with E-state index in [1.165, 1.54) is 18.1 Å². The Kier molecular flexibility index (Phi) is 3.83. The number of benzene rings is 1. The standard InChI is InChI=1S/C14H12N4O2S/c19-12(20)8-21-14-11-6-17-18(13(11)15-9-16-14)7-10-4-2-1-3-5-10/h1-6,9H,7-8H2,(H,19,20). The summed E-state index contributed by atoms with van der Waals surface area (Å²) in [5.74, 6) is -0.904. The van der Waals surface area contributed by atoms with E-state index in [1.54, 1.807) is 10.9 Å². The normalized spacial score (nSPS) is 10.9. The van der Waals surface area contributed by atoms with Crippen molar-refractivity contribution >= 4 is 28.8 Å². The number of carboxylic acids is 1. The summed E-state index contributed by atoms with van der Waals surface area (Å²) in [7, 11) is 0. The van der Waals surface area contributed by atoms with Crippen LogP contribution in [0.3, 0.4) is 0 Å². The molecule has 1 aromatic carbocycles. The van der Waals surface area contributed by atoms with Gasteiger partial charge in [-0.05, 0) is 5.56 Å². The number of hydrogen-bond donors (Lipinski definition) is 1. The molecule has 7 heteroatoms. The lowest BCUT2D eigenvalue weighted by Crippen LogP contribution is -2.03. The quantitative estimate of drug-likeness (QED) is 0.574. The first-order chi connectivity index (χ1) is 10.2. The predicted molar refractivity (Wildman–Crippen MR) is 79.2 cm³/mol. The molecule has 0 atom stereocenters. The Hall–Kier alpha value is -2.41. The maximum atomic E-state index is 10.7. The minimum atomic E-state index is -0.872. The summed E-state index contributed by atoms with van der Waals surface area (Å²) in [6, 6.07) is 9.96. The molecule has 0 aliphatic carbocycles. The second-order valence-electron chi connectivity index (χ2n) is 4.39. The van der Waals surface area contributed by atoms with Crippen LogP contribution >= 0.6 is 11.8 Å². The van der Waals surface area contributed by atoms with E-state index in [2.05, 4.69) is 15.1 Å². The molecule has 0 unspecified atom stereocenters. The first-order valence-corrected chi connectivity index (χ1v) is 7.27. The zero-order valence-electron chi connectivity index (χ0n) is 11.0. The lowest BCUT2D eigenvalue weighted by molar-refractivity contribution is -0.133. The Balaban J connectivity index is 1.91. The number of aromatic nitrogens is 4.